The van der Waals surface area contributed by atoms with Crippen LogP contribution >= 0.6 is 11.3 Å². The number of rotatable bonds is 7. The first-order chi connectivity index (χ1) is 14.2. The fourth-order valence-electron chi connectivity index (χ4n) is 3.71. The predicted molar refractivity (Wildman–Crippen MR) is 119 cm³/mol. The third-order valence-electron chi connectivity index (χ3n) is 5.50. The summed E-state index contributed by atoms with van der Waals surface area (Å²) in [7, 11) is 0. The van der Waals surface area contributed by atoms with Gasteiger partial charge in [-0.15, -0.1) is 11.3 Å². The SMILES string of the molecule is C[C@H](CNC(=O)CN1CCN(Cc2nc3ccccc3s2)CC1)c1ccccc1. The van der Waals surface area contributed by atoms with Gasteiger partial charge in [-0.3, -0.25) is 14.6 Å². The molecule has 1 fully saturated rings. The summed E-state index contributed by atoms with van der Waals surface area (Å²) in [4.78, 5) is 21.8. The summed E-state index contributed by atoms with van der Waals surface area (Å²) in [6.07, 6.45) is 0. The second-order valence-electron chi connectivity index (χ2n) is 7.74. The first-order valence-electron chi connectivity index (χ1n) is 10.3. The van der Waals surface area contributed by atoms with Crippen LogP contribution < -0.4 is 5.32 Å². The van der Waals surface area contributed by atoms with E-state index < -0.39 is 0 Å². The number of aromatic nitrogens is 1. The number of piperazine rings is 1. The lowest BCUT2D eigenvalue weighted by molar-refractivity contribution is -0.122. The number of nitrogens with zero attached hydrogens (tertiary/aromatic N) is 3. The van der Waals surface area contributed by atoms with Crippen LogP contribution in [-0.2, 0) is 11.3 Å². The number of thiazole rings is 1. The van der Waals surface area contributed by atoms with E-state index >= 15 is 0 Å². The molecule has 5 nitrogen and oxygen atoms in total. The average molecular weight is 409 g/mol. The van der Waals surface area contributed by atoms with Gasteiger partial charge in [0.2, 0.25) is 5.91 Å². The van der Waals surface area contributed by atoms with Crippen molar-refractivity contribution in [3.63, 3.8) is 0 Å². The minimum absolute atomic E-state index is 0.118. The van der Waals surface area contributed by atoms with Gasteiger partial charge in [-0.2, -0.15) is 0 Å². The minimum atomic E-state index is 0.118. The van der Waals surface area contributed by atoms with Crippen LogP contribution in [0.25, 0.3) is 10.2 Å². The molecule has 0 spiro atoms. The molecule has 4 rings (SSSR count). The van der Waals surface area contributed by atoms with Crippen molar-refractivity contribution < 1.29 is 4.79 Å². The number of hydrogen-bond acceptors (Lipinski definition) is 5. The van der Waals surface area contributed by atoms with Crippen LogP contribution in [-0.4, -0.2) is 60.0 Å². The van der Waals surface area contributed by atoms with Crippen LogP contribution in [0.5, 0.6) is 0 Å². The summed E-state index contributed by atoms with van der Waals surface area (Å²) >= 11 is 1.78. The zero-order chi connectivity index (χ0) is 20.1. The molecule has 1 saturated heterocycles. The van der Waals surface area contributed by atoms with Crippen molar-refractivity contribution in [1.29, 1.82) is 0 Å². The van der Waals surface area contributed by atoms with E-state index in [4.69, 9.17) is 4.98 Å². The van der Waals surface area contributed by atoms with Crippen molar-refractivity contribution in [3.8, 4) is 0 Å². The first kappa shape index (κ1) is 20.0. The Bertz CT molecular complexity index is 901. The highest BCUT2D eigenvalue weighted by atomic mass is 32.1. The molecule has 2 heterocycles. The summed E-state index contributed by atoms with van der Waals surface area (Å²) in [6, 6.07) is 18.6. The zero-order valence-corrected chi connectivity index (χ0v) is 17.7. The molecule has 0 bridgehead atoms. The monoisotopic (exact) mass is 408 g/mol. The summed E-state index contributed by atoms with van der Waals surface area (Å²) in [6.45, 7) is 8.01. The van der Waals surface area contributed by atoms with E-state index in [1.54, 1.807) is 11.3 Å². The Morgan fingerprint density at radius 3 is 2.48 bits per heavy atom. The highest BCUT2D eigenvalue weighted by Crippen LogP contribution is 2.23. The predicted octanol–water partition coefficient (Wildman–Crippen LogP) is 3.33. The third-order valence-corrected chi connectivity index (χ3v) is 6.52. The lowest BCUT2D eigenvalue weighted by Crippen LogP contribution is -2.49. The van der Waals surface area contributed by atoms with E-state index in [1.165, 1.54) is 15.3 Å². The topological polar surface area (TPSA) is 48.5 Å². The molecule has 1 aromatic heterocycles. The van der Waals surface area contributed by atoms with Crippen molar-refractivity contribution >= 4 is 27.5 Å². The number of fused-ring (bicyclic) bond motifs is 1. The minimum Gasteiger partial charge on any atom is -0.354 e. The third kappa shape index (κ3) is 5.41. The lowest BCUT2D eigenvalue weighted by atomic mass is 10.0. The summed E-state index contributed by atoms with van der Waals surface area (Å²) < 4.78 is 1.25. The Morgan fingerprint density at radius 1 is 1.03 bits per heavy atom. The van der Waals surface area contributed by atoms with Crippen LogP contribution in [0.2, 0.25) is 0 Å². The molecule has 1 aliphatic heterocycles. The first-order valence-corrected chi connectivity index (χ1v) is 11.1. The molecule has 1 amide bonds. The molecule has 152 valence electrons. The summed E-state index contributed by atoms with van der Waals surface area (Å²) in [5.41, 5.74) is 2.35. The van der Waals surface area contributed by atoms with Crippen molar-refractivity contribution in [1.82, 2.24) is 20.1 Å². The lowest BCUT2D eigenvalue weighted by Gasteiger charge is -2.33. The van der Waals surface area contributed by atoms with E-state index in [0.29, 0.717) is 19.0 Å². The smallest absolute Gasteiger partial charge is 0.234 e. The number of carbonyl (C=O) groups is 1. The second-order valence-corrected chi connectivity index (χ2v) is 8.86. The molecule has 1 atom stereocenters. The Hall–Kier alpha value is -2.28. The quantitative estimate of drug-likeness (QED) is 0.651. The van der Waals surface area contributed by atoms with Crippen LogP contribution in [0.3, 0.4) is 0 Å². The number of amides is 1. The van der Waals surface area contributed by atoms with Crippen molar-refractivity contribution in [2.45, 2.75) is 19.4 Å². The van der Waals surface area contributed by atoms with Crippen LogP contribution in [0.15, 0.2) is 54.6 Å². The largest absolute Gasteiger partial charge is 0.354 e. The van der Waals surface area contributed by atoms with E-state index in [0.717, 1.165) is 38.2 Å². The Balaban J connectivity index is 1.19. The van der Waals surface area contributed by atoms with E-state index in [1.807, 2.05) is 24.3 Å². The van der Waals surface area contributed by atoms with E-state index in [9.17, 15) is 4.79 Å². The van der Waals surface area contributed by atoms with Crippen LogP contribution in [0.1, 0.15) is 23.4 Å². The summed E-state index contributed by atoms with van der Waals surface area (Å²) in [5.74, 6) is 0.443. The van der Waals surface area contributed by atoms with E-state index in [2.05, 4.69) is 52.4 Å². The maximum Gasteiger partial charge on any atom is 0.234 e. The van der Waals surface area contributed by atoms with Gasteiger partial charge in [-0.05, 0) is 23.6 Å². The zero-order valence-electron chi connectivity index (χ0n) is 16.9. The van der Waals surface area contributed by atoms with Gasteiger partial charge in [0, 0.05) is 32.7 Å². The van der Waals surface area contributed by atoms with Gasteiger partial charge in [0.05, 0.1) is 23.3 Å². The van der Waals surface area contributed by atoms with Crippen molar-refractivity contribution in [3.05, 3.63) is 65.2 Å². The van der Waals surface area contributed by atoms with Gasteiger partial charge in [-0.25, -0.2) is 4.98 Å². The molecule has 0 unspecified atom stereocenters. The molecular weight excluding hydrogens is 380 g/mol. The number of hydrogen-bond donors (Lipinski definition) is 1. The second kappa shape index (κ2) is 9.48. The molecule has 6 heteroatoms. The normalized spacial score (nSPS) is 16.7. The van der Waals surface area contributed by atoms with Crippen LogP contribution in [0.4, 0.5) is 0 Å². The summed E-state index contributed by atoms with van der Waals surface area (Å²) in [5, 5.41) is 4.27. The highest BCUT2D eigenvalue weighted by Gasteiger charge is 2.20. The van der Waals surface area contributed by atoms with Gasteiger partial charge < -0.3 is 5.32 Å². The molecule has 0 saturated carbocycles. The molecule has 1 N–H and O–H groups in total. The Kier molecular flexibility index (Phi) is 6.54. The Labute approximate surface area is 176 Å². The van der Waals surface area contributed by atoms with Crippen molar-refractivity contribution in [2.24, 2.45) is 0 Å². The molecule has 0 aliphatic carbocycles. The highest BCUT2D eigenvalue weighted by molar-refractivity contribution is 7.18. The molecule has 0 radical (unpaired) electrons. The van der Waals surface area contributed by atoms with Gasteiger partial charge in [0.1, 0.15) is 5.01 Å². The van der Waals surface area contributed by atoms with Crippen LogP contribution in [0, 0.1) is 0 Å². The number of carbonyl (C=O) groups excluding carboxylic acids is 1. The van der Waals surface area contributed by atoms with Crippen molar-refractivity contribution in [2.75, 3.05) is 39.3 Å². The fraction of sp³-hybridized carbons (Fsp3) is 0.391. The molecule has 2 aromatic carbocycles. The van der Waals surface area contributed by atoms with Gasteiger partial charge in [0.15, 0.2) is 0 Å². The fourth-order valence-corrected chi connectivity index (χ4v) is 4.72. The number of para-hydroxylation sites is 1. The average Bonchev–Trinajstić information content (AvgIpc) is 3.16. The van der Waals surface area contributed by atoms with Gasteiger partial charge in [0.25, 0.3) is 0 Å². The number of nitrogens with one attached hydrogen (secondary N) is 1. The van der Waals surface area contributed by atoms with Gasteiger partial charge >= 0.3 is 0 Å². The molecule has 29 heavy (non-hydrogen) atoms. The molecular formula is C23H28N4OS. The standard InChI is InChI=1S/C23H28N4OS/c1-18(19-7-3-2-4-8-19)15-24-22(28)16-26-11-13-27(14-12-26)17-23-25-20-9-5-6-10-21(20)29-23/h2-10,18H,11-17H2,1H3,(H,24,28)/t18-/m1/s1. The number of benzene rings is 2. The maximum atomic E-state index is 12.3. The maximum absolute atomic E-state index is 12.3. The van der Waals surface area contributed by atoms with Gasteiger partial charge in [-0.1, -0.05) is 49.4 Å². The molecule has 1 aliphatic rings. The van der Waals surface area contributed by atoms with E-state index in [-0.39, 0.29) is 5.91 Å². The Morgan fingerprint density at radius 2 is 1.72 bits per heavy atom. The molecule has 3 aromatic rings.